The van der Waals surface area contributed by atoms with Gasteiger partial charge in [-0.15, -0.1) is 11.3 Å². The smallest absolute Gasteiger partial charge is 0.309 e. The Balaban J connectivity index is 1.58. The van der Waals surface area contributed by atoms with Crippen molar-refractivity contribution in [2.75, 3.05) is 0 Å². The van der Waals surface area contributed by atoms with Gasteiger partial charge in [-0.3, -0.25) is 9.59 Å². The van der Waals surface area contributed by atoms with Gasteiger partial charge < -0.3 is 19.7 Å². The molecule has 1 aromatic rings. The van der Waals surface area contributed by atoms with Crippen molar-refractivity contribution in [3.05, 3.63) is 21.9 Å². The standard InChI is InChI=1S/C27H38FNO6S/c1-15-7-5-8-26(4)22(35-26)12-20(19(28)11-18-14-36-17(3)29-18)34-23(31)13-21(30)27(9-6-10-27)25(33)16(2)24(15)32/h11,14-16,20-22,24,30,32H,5-10,12-13H2,1-4H3/b19-11-/t15-,16+,20-,21-,22?,24-,26?/m0/s1. The predicted octanol–water partition coefficient (Wildman–Crippen LogP) is 4.53. The molecule has 7 atom stereocenters. The maximum Gasteiger partial charge on any atom is 0.309 e. The van der Waals surface area contributed by atoms with Gasteiger partial charge in [0.1, 0.15) is 11.6 Å². The number of hydrogen-bond donors (Lipinski definition) is 2. The van der Waals surface area contributed by atoms with Crippen LogP contribution in [-0.4, -0.2) is 57.0 Å². The number of epoxide rings is 1. The summed E-state index contributed by atoms with van der Waals surface area (Å²) in [6.07, 6.45) is 1.40. The molecule has 0 bridgehead atoms. The molecule has 0 radical (unpaired) electrons. The molecule has 4 rings (SSSR count). The number of aliphatic hydroxyl groups is 2. The van der Waals surface area contributed by atoms with Gasteiger partial charge in [-0.25, -0.2) is 9.37 Å². The topological polar surface area (TPSA) is 109 Å². The fourth-order valence-corrected chi connectivity index (χ4v) is 6.38. The number of aromatic nitrogens is 1. The summed E-state index contributed by atoms with van der Waals surface area (Å²) in [7, 11) is 0. The van der Waals surface area contributed by atoms with Gasteiger partial charge in [0.25, 0.3) is 0 Å². The Morgan fingerprint density at radius 2 is 1.94 bits per heavy atom. The van der Waals surface area contributed by atoms with Crippen LogP contribution in [0, 0.1) is 24.2 Å². The lowest BCUT2D eigenvalue weighted by Crippen LogP contribution is -2.53. The molecule has 3 fully saturated rings. The highest BCUT2D eigenvalue weighted by molar-refractivity contribution is 7.09. The third-order valence-electron chi connectivity index (χ3n) is 8.54. The number of ketones is 1. The van der Waals surface area contributed by atoms with E-state index in [9.17, 15) is 19.8 Å². The molecule has 2 saturated heterocycles. The molecular weight excluding hydrogens is 485 g/mol. The minimum atomic E-state index is -1.25. The van der Waals surface area contributed by atoms with Crippen LogP contribution in [-0.2, 0) is 19.1 Å². The number of cyclic esters (lactones) is 1. The van der Waals surface area contributed by atoms with Gasteiger partial charge in [0.15, 0.2) is 6.10 Å². The van der Waals surface area contributed by atoms with Crippen molar-refractivity contribution in [2.24, 2.45) is 17.3 Å². The highest BCUT2D eigenvalue weighted by Crippen LogP contribution is 2.49. The van der Waals surface area contributed by atoms with Crippen LogP contribution in [0.5, 0.6) is 0 Å². The lowest BCUT2D eigenvalue weighted by molar-refractivity contribution is -0.162. The van der Waals surface area contributed by atoms with Crippen LogP contribution in [0.3, 0.4) is 0 Å². The van der Waals surface area contributed by atoms with Crippen LogP contribution in [0.4, 0.5) is 4.39 Å². The highest BCUT2D eigenvalue weighted by atomic mass is 32.1. The number of carbonyl (C=O) groups excluding carboxylic acids is 2. The number of carbonyl (C=O) groups is 2. The Bertz CT molecular complexity index is 1010. The number of ether oxygens (including phenoxy) is 2. The number of nitrogens with zero attached hydrogens (tertiary/aromatic N) is 1. The number of hydrogen-bond acceptors (Lipinski definition) is 8. The van der Waals surface area contributed by atoms with Crippen molar-refractivity contribution in [1.82, 2.24) is 4.98 Å². The first kappa shape index (κ1) is 27.4. The lowest BCUT2D eigenvalue weighted by atomic mass is 9.58. The van der Waals surface area contributed by atoms with Crippen molar-refractivity contribution in [2.45, 2.75) is 109 Å². The number of esters is 1. The average molecular weight is 524 g/mol. The van der Waals surface area contributed by atoms with Crippen LogP contribution in [0.1, 0.15) is 82.8 Å². The van der Waals surface area contributed by atoms with Crippen LogP contribution in [0.25, 0.3) is 6.08 Å². The van der Waals surface area contributed by atoms with Crippen LogP contribution >= 0.6 is 11.3 Å². The monoisotopic (exact) mass is 523 g/mol. The summed E-state index contributed by atoms with van der Waals surface area (Å²) in [6.45, 7) is 7.43. The molecule has 9 heteroatoms. The highest BCUT2D eigenvalue weighted by Gasteiger charge is 2.55. The van der Waals surface area contributed by atoms with Crippen molar-refractivity contribution in [1.29, 1.82) is 0 Å². The summed E-state index contributed by atoms with van der Waals surface area (Å²) >= 11 is 1.40. The number of halogens is 1. The van der Waals surface area contributed by atoms with Crippen molar-refractivity contribution in [3.63, 3.8) is 0 Å². The molecule has 2 N–H and O–H groups in total. The van der Waals surface area contributed by atoms with E-state index in [0.29, 0.717) is 18.5 Å². The second kappa shape index (κ2) is 10.6. The molecule has 1 spiro atoms. The Kier molecular flexibility index (Phi) is 8.05. The molecular formula is C27H38FNO6S. The zero-order valence-electron chi connectivity index (χ0n) is 21.5. The fourth-order valence-electron chi connectivity index (χ4n) is 5.81. The number of Topliss-reactive ketones (excluding diaryl/α,β-unsaturated/α-hetero) is 1. The average Bonchev–Trinajstić information content (AvgIpc) is 3.22. The molecule has 0 amide bonds. The van der Waals surface area contributed by atoms with E-state index in [1.165, 1.54) is 17.4 Å². The van der Waals surface area contributed by atoms with Crippen molar-refractivity contribution < 1.29 is 33.7 Å². The first-order valence-corrected chi connectivity index (χ1v) is 13.9. The van der Waals surface area contributed by atoms with Crippen molar-refractivity contribution >= 4 is 29.2 Å². The summed E-state index contributed by atoms with van der Waals surface area (Å²) in [6, 6.07) is 0. The summed E-state index contributed by atoms with van der Waals surface area (Å²) < 4.78 is 26.8. The minimum absolute atomic E-state index is 0.105. The molecule has 200 valence electrons. The zero-order valence-corrected chi connectivity index (χ0v) is 22.4. The summed E-state index contributed by atoms with van der Waals surface area (Å²) in [4.78, 5) is 30.6. The molecule has 2 unspecified atom stereocenters. The number of aliphatic hydroxyl groups excluding tert-OH is 2. The minimum Gasteiger partial charge on any atom is -0.455 e. The van der Waals surface area contributed by atoms with E-state index < -0.39 is 53.5 Å². The molecule has 3 aliphatic rings. The molecule has 1 aliphatic carbocycles. The Morgan fingerprint density at radius 1 is 1.22 bits per heavy atom. The predicted molar refractivity (Wildman–Crippen MR) is 134 cm³/mol. The van der Waals surface area contributed by atoms with Gasteiger partial charge in [-0.1, -0.05) is 26.7 Å². The zero-order chi connectivity index (χ0) is 26.3. The van der Waals surface area contributed by atoms with Crippen LogP contribution < -0.4 is 0 Å². The van der Waals surface area contributed by atoms with Gasteiger partial charge in [0.05, 0.1) is 46.5 Å². The number of aryl methyl sites for hydroxylation is 1. The van der Waals surface area contributed by atoms with E-state index in [-0.39, 0.29) is 24.2 Å². The van der Waals surface area contributed by atoms with Gasteiger partial charge in [-0.2, -0.15) is 0 Å². The second-order valence-electron chi connectivity index (χ2n) is 11.2. The van der Waals surface area contributed by atoms with Gasteiger partial charge in [-0.05, 0) is 51.5 Å². The third-order valence-corrected chi connectivity index (χ3v) is 9.33. The van der Waals surface area contributed by atoms with E-state index in [4.69, 9.17) is 9.47 Å². The largest absolute Gasteiger partial charge is 0.455 e. The molecule has 0 aromatic carbocycles. The van der Waals surface area contributed by atoms with Crippen LogP contribution in [0.2, 0.25) is 0 Å². The Hall–Kier alpha value is -1.68. The van der Waals surface area contributed by atoms with Crippen LogP contribution in [0.15, 0.2) is 11.2 Å². The van der Waals surface area contributed by atoms with Gasteiger partial charge in [0.2, 0.25) is 0 Å². The van der Waals surface area contributed by atoms with Gasteiger partial charge >= 0.3 is 5.97 Å². The number of rotatable bonds is 2. The quantitative estimate of drug-likeness (QED) is 0.433. The number of fused-ring (bicyclic) bond motifs is 1. The summed E-state index contributed by atoms with van der Waals surface area (Å²) in [5, 5.41) is 24.5. The van der Waals surface area contributed by atoms with E-state index in [0.717, 1.165) is 30.7 Å². The van der Waals surface area contributed by atoms with Crippen molar-refractivity contribution in [3.8, 4) is 0 Å². The molecule has 2 aliphatic heterocycles. The third kappa shape index (κ3) is 5.59. The molecule has 1 aromatic heterocycles. The Morgan fingerprint density at radius 3 is 2.56 bits per heavy atom. The van der Waals surface area contributed by atoms with E-state index >= 15 is 4.39 Å². The first-order chi connectivity index (χ1) is 16.9. The molecule has 1 saturated carbocycles. The SMILES string of the molecule is Cc1nc(/C=C(\F)[C@@H]2CC3OC3(C)CCC[C@H](C)[C@H](O)[C@@H](C)C(=O)C3(CCC3)[C@@H](O)CC(=O)O2)cs1. The van der Waals surface area contributed by atoms with E-state index in [1.54, 1.807) is 12.3 Å². The normalized spacial score (nSPS) is 38.2. The maximum atomic E-state index is 15.3. The Labute approximate surface area is 216 Å². The van der Waals surface area contributed by atoms with Gasteiger partial charge in [0, 0.05) is 17.7 Å². The maximum absolute atomic E-state index is 15.3. The second-order valence-corrected chi connectivity index (χ2v) is 12.3. The fraction of sp³-hybridized carbons (Fsp3) is 0.741. The lowest BCUT2D eigenvalue weighted by Gasteiger charge is -2.46. The van der Waals surface area contributed by atoms with E-state index in [1.807, 2.05) is 20.8 Å². The molecule has 36 heavy (non-hydrogen) atoms. The molecule has 3 heterocycles. The summed E-state index contributed by atoms with van der Waals surface area (Å²) in [5.74, 6) is -2.36. The van der Waals surface area contributed by atoms with E-state index in [2.05, 4.69) is 4.98 Å². The summed E-state index contributed by atoms with van der Waals surface area (Å²) in [5.41, 5.74) is -1.07. The molecule has 7 nitrogen and oxygen atoms in total. The first-order valence-electron chi connectivity index (χ1n) is 13.0. The number of thiazole rings is 1.